The van der Waals surface area contributed by atoms with Gasteiger partial charge in [-0.3, -0.25) is 4.74 Å². The number of rotatable bonds is 6. The van der Waals surface area contributed by atoms with Crippen LogP contribution >= 0.6 is 0 Å². The summed E-state index contributed by atoms with van der Waals surface area (Å²) in [7, 11) is 1.29. The number of anilines is 1. The number of carboxylic acids is 1. The van der Waals surface area contributed by atoms with Crippen molar-refractivity contribution in [1.82, 2.24) is 0 Å². The summed E-state index contributed by atoms with van der Waals surface area (Å²) in [6.07, 6.45) is -4.75. The molecule has 0 saturated heterocycles. The van der Waals surface area contributed by atoms with Gasteiger partial charge in [0.05, 0.1) is 25.0 Å². The molecule has 112 valence electrons. The highest BCUT2D eigenvalue weighted by molar-refractivity contribution is 5.94. The zero-order valence-electron chi connectivity index (χ0n) is 10.4. The summed E-state index contributed by atoms with van der Waals surface area (Å²) in [6.45, 7) is -1.17. The summed E-state index contributed by atoms with van der Waals surface area (Å²) >= 11 is 0. The van der Waals surface area contributed by atoms with Gasteiger partial charge in [0.1, 0.15) is 6.61 Å². The van der Waals surface area contributed by atoms with Gasteiger partial charge >= 0.3 is 12.3 Å². The second kappa shape index (κ2) is 6.33. The molecule has 1 rings (SSSR count). The van der Waals surface area contributed by atoms with Gasteiger partial charge in [0.25, 0.3) is 0 Å². The molecule has 0 aliphatic rings. The highest BCUT2D eigenvalue weighted by Crippen LogP contribution is 2.32. The van der Waals surface area contributed by atoms with E-state index in [1.165, 1.54) is 13.2 Å². The van der Waals surface area contributed by atoms with Gasteiger partial charge in [0.2, 0.25) is 0 Å². The molecule has 6 nitrogen and oxygen atoms in total. The van der Waals surface area contributed by atoms with Gasteiger partial charge < -0.3 is 20.3 Å². The van der Waals surface area contributed by atoms with E-state index in [1.54, 1.807) is 0 Å². The van der Waals surface area contributed by atoms with Gasteiger partial charge in [0.15, 0.2) is 11.5 Å². The third-order valence-corrected chi connectivity index (χ3v) is 2.17. The van der Waals surface area contributed by atoms with Crippen molar-refractivity contribution >= 4 is 11.7 Å². The van der Waals surface area contributed by atoms with Gasteiger partial charge in [-0.2, -0.15) is 0 Å². The monoisotopic (exact) mass is 295 g/mol. The van der Waals surface area contributed by atoms with Crippen LogP contribution in [-0.2, 0) is 4.74 Å². The molecule has 0 amide bonds. The predicted molar refractivity (Wildman–Crippen MR) is 61.9 cm³/mol. The number of carboxylic acid groups (broad SMARTS) is 1. The number of alkyl halides is 3. The number of carbonyl (C=O) groups is 1. The molecule has 0 aliphatic carbocycles. The Hall–Kier alpha value is -2.16. The number of ether oxygens (including phenoxy) is 3. The fourth-order valence-corrected chi connectivity index (χ4v) is 1.34. The van der Waals surface area contributed by atoms with Crippen LogP contribution in [0.1, 0.15) is 10.4 Å². The van der Waals surface area contributed by atoms with Crippen molar-refractivity contribution < 1.29 is 37.3 Å². The largest absolute Gasteiger partial charge is 0.522 e. The van der Waals surface area contributed by atoms with Gasteiger partial charge in [-0.25, -0.2) is 4.79 Å². The van der Waals surface area contributed by atoms with Crippen LogP contribution in [0.15, 0.2) is 12.1 Å². The lowest BCUT2D eigenvalue weighted by Gasteiger charge is -2.13. The summed E-state index contributed by atoms with van der Waals surface area (Å²) in [5.74, 6) is -1.22. The van der Waals surface area contributed by atoms with Crippen molar-refractivity contribution in [2.75, 3.05) is 26.1 Å². The molecule has 9 heteroatoms. The fourth-order valence-electron chi connectivity index (χ4n) is 1.34. The van der Waals surface area contributed by atoms with Crippen molar-refractivity contribution in [2.45, 2.75) is 6.36 Å². The Kier molecular flexibility index (Phi) is 5.03. The van der Waals surface area contributed by atoms with E-state index in [1.807, 2.05) is 0 Å². The molecule has 0 unspecified atom stereocenters. The topological polar surface area (TPSA) is 91.0 Å². The third-order valence-electron chi connectivity index (χ3n) is 2.17. The minimum atomic E-state index is -4.75. The van der Waals surface area contributed by atoms with Crippen molar-refractivity contribution in [2.24, 2.45) is 0 Å². The van der Waals surface area contributed by atoms with Crippen LogP contribution < -0.4 is 15.2 Å². The number of nitrogen functional groups attached to an aromatic ring is 1. The second-order valence-corrected chi connectivity index (χ2v) is 3.54. The maximum Gasteiger partial charge on any atom is 0.522 e. The average molecular weight is 295 g/mol. The predicted octanol–water partition coefficient (Wildman–Crippen LogP) is 1.89. The fraction of sp³-hybridized carbons (Fsp3) is 0.364. The molecule has 0 saturated carbocycles. The third kappa shape index (κ3) is 4.50. The van der Waals surface area contributed by atoms with Crippen LogP contribution in [-0.4, -0.2) is 37.8 Å². The van der Waals surface area contributed by atoms with Crippen molar-refractivity contribution in [3.8, 4) is 11.5 Å². The van der Waals surface area contributed by atoms with E-state index >= 15 is 0 Å². The second-order valence-electron chi connectivity index (χ2n) is 3.54. The summed E-state index contributed by atoms with van der Waals surface area (Å²) in [6, 6.07) is 2.29. The van der Waals surface area contributed by atoms with E-state index in [0.717, 1.165) is 6.07 Å². The summed E-state index contributed by atoms with van der Waals surface area (Å²) in [5, 5.41) is 8.88. The molecule has 0 spiro atoms. The number of nitrogens with two attached hydrogens (primary N) is 1. The van der Waals surface area contributed by atoms with E-state index in [4.69, 9.17) is 20.3 Å². The van der Waals surface area contributed by atoms with Crippen LogP contribution in [0.25, 0.3) is 0 Å². The first-order valence-electron chi connectivity index (χ1n) is 5.29. The molecule has 0 radical (unpaired) electrons. The zero-order valence-corrected chi connectivity index (χ0v) is 10.4. The highest BCUT2D eigenvalue weighted by Gasteiger charge is 2.28. The number of methoxy groups -OCH3 is 1. The molecule has 0 bridgehead atoms. The lowest BCUT2D eigenvalue weighted by Crippen LogP contribution is -2.18. The van der Waals surface area contributed by atoms with E-state index in [9.17, 15) is 18.0 Å². The number of hydrogen-bond donors (Lipinski definition) is 2. The van der Waals surface area contributed by atoms with Gasteiger partial charge in [0, 0.05) is 12.1 Å². The summed E-state index contributed by atoms with van der Waals surface area (Å²) in [4.78, 5) is 10.9. The van der Waals surface area contributed by atoms with Crippen LogP contribution in [0.5, 0.6) is 11.5 Å². The normalized spacial score (nSPS) is 11.2. The van der Waals surface area contributed by atoms with Gasteiger partial charge in [-0.05, 0) is 0 Å². The van der Waals surface area contributed by atoms with Crippen LogP contribution in [0.4, 0.5) is 18.9 Å². The lowest BCUT2D eigenvalue weighted by molar-refractivity contribution is -0.325. The Bertz CT molecular complexity index is 490. The summed E-state index contributed by atoms with van der Waals surface area (Å²) < 4.78 is 48.7. The minimum Gasteiger partial charge on any atom is -0.493 e. The number of benzene rings is 1. The average Bonchev–Trinajstić information content (AvgIpc) is 2.33. The molecule has 0 aliphatic heterocycles. The van der Waals surface area contributed by atoms with Gasteiger partial charge in [-0.1, -0.05) is 0 Å². The molecule has 0 atom stereocenters. The quantitative estimate of drug-likeness (QED) is 0.615. The molecule has 1 aromatic rings. The number of aromatic carboxylic acids is 1. The van der Waals surface area contributed by atoms with E-state index < -0.39 is 25.5 Å². The molecule has 1 aromatic carbocycles. The molecular weight excluding hydrogens is 283 g/mol. The standard InChI is InChI=1S/C11H12F3NO5/c1-18-8-5-7(15)6(10(16)17)4-9(8)19-2-3-20-11(12,13)14/h4-5H,2-3,15H2,1H3,(H,16,17). The molecule has 0 aromatic heterocycles. The zero-order chi connectivity index (χ0) is 15.3. The molecule has 0 heterocycles. The Morgan fingerprint density at radius 2 is 1.95 bits per heavy atom. The SMILES string of the molecule is COc1cc(N)c(C(=O)O)cc1OCCOC(F)(F)F. The van der Waals surface area contributed by atoms with Crippen LogP contribution in [0.2, 0.25) is 0 Å². The van der Waals surface area contributed by atoms with Crippen molar-refractivity contribution in [3.63, 3.8) is 0 Å². The van der Waals surface area contributed by atoms with Crippen molar-refractivity contribution in [1.29, 1.82) is 0 Å². The van der Waals surface area contributed by atoms with Crippen molar-refractivity contribution in [3.05, 3.63) is 17.7 Å². The Labute approximate surface area is 111 Å². The number of halogens is 3. The van der Waals surface area contributed by atoms with E-state index in [0.29, 0.717) is 0 Å². The Morgan fingerprint density at radius 3 is 2.45 bits per heavy atom. The highest BCUT2D eigenvalue weighted by atomic mass is 19.4. The molecular formula is C11H12F3NO5. The Morgan fingerprint density at radius 1 is 1.30 bits per heavy atom. The lowest BCUT2D eigenvalue weighted by atomic mass is 10.1. The minimum absolute atomic E-state index is 0.0372. The smallest absolute Gasteiger partial charge is 0.493 e. The molecule has 0 fully saturated rings. The van der Waals surface area contributed by atoms with E-state index in [2.05, 4.69) is 4.74 Å². The maximum atomic E-state index is 11.8. The van der Waals surface area contributed by atoms with Gasteiger partial charge in [-0.15, -0.1) is 13.2 Å². The van der Waals surface area contributed by atoms with E-state index in [-0.39, 0.29) is 22.7 Å². The first kappa shape index (κ1) is 15.9. The first-order chi connectivity index (χ1) is 9.24. The molecule has 20 heavy (non-hydrogen) atoms. The molecule has 3 N–H and O–H groups in total. The van der Waals surface area contributed by atoms with Crippen LogP contribution in [0.3, 0.4) is 0 Å². The Balaban J connectivity index is 2.78. The maximum absolute atomic E-state index is 11.8. The number of hydrogen-bond acceptors (Lipinski definition) is 5. The first-order valence-corrected chi connectivity index (χ1v) is 5.29. The summed E-state index contributed by atoms with van der Waals surface area (Å²) in [5.41, 5.74) is 5.20. The van der Waals surface area contributed by atoms with Crippen LogP contribution in [0, 0.1) is 0 Å².